The third kappa shape index (κ3) is 5.56. The van der Waals surface area contributed by atoms with Crippen LogP contribution in [0.25, 0.3) is 22.4 Å². The molecule has 34 heavy (non-hydrogen) atoms. The van der Waals surface area contributed by atoms with Crippen LogP contribution in [0.1, 0.15) is 5.56 Å². The Balaban J connectivity index is 1.62. The van der Waals surface area contributed by atoms with E-state index in [1.165, 1.54) is 17.1 Å². The number of nitrogens with zero attached hydrogens (tertiary/aromatic N) is 4. The van der Waals surface area contributed by atoms with Crippen molar-refractivity contribution >= 4 is 39.2 Å². The number of halogens is 2. The van der Waals surface area contributed by atoms with Crippen molar-refractivity contribution in [3.63, 3.8) is 0 Å². The van der Waals surface area contributed by atoms with Crippen LogP contribution < -0.4 is 11.1 Å². The van der Waals surface area contributed by atoms with Gasteiger partial charge in [-0.3, -0.25) is 9.67 Å². The van der Waals surface area contributed by atoms with E-state index in [2.05, 4.69) is 19.8 Å². The SMILES string of the molecule is Cn1cc(S(=O)(=O)N=C(N)NCc2cnc(-c3ccc(Cl)cc3)c(-c3ccc(Cl)cc3)c2)cn1. The second-order valence-electron chi connectivity index (χ2n) is 7.41. The third-order valence-electron chi connectivity index (χ3n) is 4.89. The molecule has 174 valence electrons. The molecular formula is C23H20Cl2N6O2S. The smallest absolute Gasteiger partial charge is 0.288 e. The zero-order chi connectivity index (χ0) is 24.3. The number of pyridine rings is 1. The Kier molecular flexibility index (Phi) is 6.87. The van der Waals surface area contributed by atoms with Crippen LogP contribution in [0.15, 0.2) is 82.5 Å². The van der Waals surface area contributed by atoms with Crippen molar-refractivity contribution in [1.29, 1.82) is 0 Å². The van der Waals surface area contributed by atoms with Crippen molar-refractivity contribution in [3.8, 4) is 22.4 Å². The highest BCUT2D eigenvalue weighted by Crippen LogP contribution is 2.32. The number of aryl methyl sites for hydroxylation is 1. The van der Waals surface area contributed by atoms with Gasteiger partial charge in [0.15, 0.2) is 0 Å². The number of aromatic nitrogens is 3. The highest BCUT2D eigenvalue weighted by atomic mass is 35.5. The molecule has 2 heterocycles. The van der Waals surface area contributed by atoms with Gasteiger partial charge >= 0.3 is 0 Å². The van der Waals surface area contributed by atoms with Gasteiger partial charge < -0.3 is 11.1 Å². The van der Waals surface area contributed by atoms with Crippen molar-refractivity contribution in [2.24, 2.45) is 17.2 Å². The predicted molar refractivity (Wildman–Crippen MR) is 134 cm³/mol. The maximum Gasteiger partial charge on any atom is 0.288 e. The van der Waals surface area contributed by atoms with Gasteiger partial charge in [-0.2, -0.15) is 13.5 Å². The van der Waals surface area contributed by atoms with Gasteiger partial charge in [0, 0.05) is 47.2 Å². The first-order valence-electron chi connectivity index (χ1n) is 10.0. The number of benzene rings is 2. The van der Waals surface area contributed by atoms with Crippen LogP contribution >= 0.6 is 23.2 Å². The molecule has 0 atom stereocenters. The number of rotatable bonds is 6. The molecule has 8 nitrogen and oxygen atoms in total. The third-order valence-corrected chi connectivity index (χ3v) is 6.64. The zero-order valence-corrected chi connectivity index (χ0v) is 20.3. The molecule has 0 saturated heterocycles. The van der Waals surface area contributed by atoms with Gasteiger partial charge in [0.2, 0.25) is 5.96 Å². The molecule has 0 aliphatic rings. The van der Waals surface area contributed by atoms with E-state index in [1.807, 2.05) is 30.3 Å². The highest BCUT2D eigenvalue weighted by Gasteiger charge is 2.16. The molecule has 4 aromatic rings. The van der Waals surface area contributed by atoms with Crippen LogP contribution in [0.2, 0.25) is 10.0 Å². The Morgan fingerprint density at radius 1 is 1.03 bits per heavy atom. The molecule has 0 saturated carbocycles. The van der Waals surface area contributed by atoms with Crippen LogP contribution in [0, 0.1) is 0 Å². The van der Waals surface area contributed by atoms with E-state index in [-0.39, 0.29) is 17.4 Å². The van der Waals surface area contributed by atoms with Crippen LogP contribution in [0.3, 0.4) is 0 Å². The zero-order valence-electron chi connectivity index (χ0n) is 18.0. The van der Waals surface area contributed by atoms with Crippen molar-refractivity contribution in [3.05, 3.63) is 88.8 Å². The second-order valence-corrected chi connectivity index (χ2v) is 9.89. The summed E-state index contributed by atoms with van der Waals surface area (Å²) < 4.78 is 29.7. The molecule has 0 fully saturated rings. The summed E-state index contributed by atoms with van der Waals surface area (Å²) in [5.41, 5.74) is 10.1. The molecule has 4 rings (SSSR count). The lowest BCUT2D eigenvalue weighted by Gasteiger charge is -2.13. The Morgan fingerprint density at radius 2 is 1.65 bits per heavy atom. The average molecular weight is 515 g/mol. The minimum Gasteiger partial charge on any atom is -0.369 e. The summed E-state index contributed by atoms with van der Waals surface area (Å²) in [6.07, 6.45) is 4.26. The summed E-state index contributed by atoms with van der Waals surface area (Å²) in [6.45, 7) is 0.215. The predicted octanol–water partition coefficient (Wildman–Crippen LogP) is 4.25. The molecule has 0 unspecified atom stereocenters. The number of sulfonamides is 1. The molecule has 0 radical (unpaired) electrons. The molecule has 3 N–H and O–H groups in total. The fraction of sp³-hybridized carbons (Fsp3) is 0.0870. The van der Waals surface area contributed by atoms with Crippen LogP contribution in [-0.2, 0) is 23.6 Å². The molecule has 2 aromatic carbocycles. The summed E-state index contributed by atoms with van der Waals surface area (Å²) in [7, 11) is -2.35. The van der Waals surface area contributed by atoms with E-state index >= 15 is 0 Å². The summed E-state index contributed by atoms with van der Waals surface area (Å²) in [5.74, 6) is -0.237. The minimum absolute atomic E-state index is 0.0428. The van der Waals surface area contributed by atoms with Gasteiger partial charge in [-0.25, -0.2) is 0 Å². The van der Waals surface area contributed by atoms with E-state index in [0.717, 1.165) is 27.9 Å². The maximum absolute atomic E-state index is 12.4. The first-order valence-corrected chi connectivity index (χ1v) is 12.2. The van der Waals surface area contributed by atoms with Crippen molar-refractivity contribution in [2.45, 2.75) is 11.4 Å². The quantitative estimate of drug-likeness (QED) is 0.293. The van der Waals surface area contributed by atoms with E-state index in [4.69, 9.17) is 28.9 Å². The lowest BCUT2D eigenvalue weighted by molar-refractivity contribution is 0.597. The van der Waals surface area contributed by atoms with E-state index in [9.17, 15) is 8.42 Å². The number of hydrogen-bond acceptors (Lipinski definition) is 4. The highest BCUT2D eigenvalue weighted by molar-refractivity contribution is 7.90. The Bertz CT molecular complexity index is 1450. The summed E-state index contributed by atoms with van der Waals surface area (Å²) in [4.78, 5) is 4.61. The van der Waals surface area contributed by atoms with Gasteiger partial charge in [0.05, 0.1) is 11.9 Å². The fourth-order valence-corrected chi connectivity index (χ4v) is 4.38. The second kappa shape index (κ2) is 9.84. The molecule has 0 spiro atoms. The van der Waals surface area contributed by atoms with Crippen molar-refractivity contribution in [2.75, 3.05) is 0 Å². The van der Waals surface area contributed by atoms with Crippen molar-refractivity contribution in [1.82, 2.24) is 20.1 Å². The summed E-state index contributed by atoms with van der Waals surface area (Å²) >= 11 is 12.1. The average Bonchev–Trinajstić information content (AvgIpc) is 3.26. The van der Waals surface area contributed by atoms with E-state index in [0.29, 0.717) is 10.0 Å². The van der Waals surface area contributed by atoms with E-state index in [1.54, 1.807) is 37.5 Å². The topological polar surface area (TPSA) is 115 Å². The molecule has 0 aliphatic carbocycles. The van der Waals surface area contributed by atoms with Gasteiger partial charge in [-0.15, -0.1) is 4.40 Å². The Morgan fingerprint density at radius 3 is 2.24 bits per heavy atom. The lowest BCUT2D eigenvalue weighted by atomic mass is 9.98. The summed E-state index contributed by atoms with van der Waals surface area (Å²) in [5, 5.41) is 7.94. The Labute approximate surface area is 207 Å². The van der Waals surface area contributed by atoms with Gasteiger partial charge in [-0.1, -0.05) is 47.5 Å². The monoisotopic (exact) mass is 514 g/mol. The molecular weight excluding hydrogens is 495 g/mol. The standard InChI is InChI=1S/C23H20Cl2N6O2S/c1-31-14-20(13-29-31)34(32,33)30-23(26)28-12-15-10-21(16-2-6-18(24)7-3-16)22(27-11-15)17-4-8-19(25)9-5-17/h2-11,13-14H,12H2,1H3,(H3,26,28,30). The number of nitrogens with two attached hydrogens (primary N) is 1. The first kappa shape index (κ1) is 23.7. The van der Waals surface area contributed by atoms with Crippen molar-refractivity contribution < 1.29 is 8.42 Å². The van der Waals surface area contributed by atoms with Crippen LogP contribution in [0.5, 0.6) is 0 Å². The molecule has 0 amide bonds. The maximum atomic E-state index is 12.4. The fourth-order valence-electron chi connectivity index (χ4n) is 3.23. The van der Waals surface area contributed by atoms with Gasteiger partial charge in [0.25, 0.3) is 10.0 Å². The van der Waals surface area contributed by atoms with Crippen LogP contribution in [-0.4, -0.2) is 29.1 Å². The number of hydrogen-bond donors (Lipinski definition) is 2. The number of guanidine groups is 1. The molecule has 0 bridgehead atoms. The molecule has 2 aromatic heterocycles. The van der Waals surface area contributed by atoms with Gasteiger partial charge in [0.1, 0.15) is 4.90 Å². The van der Waals surface area contributed by atoms with Gasteiger partial charge in [-0.05, 0) is 41.5 Å². The summed E-state index contributed by atoms with van der Waals surface area (Å²) in [6, 6.07) is 16.8. The molecule has 0 aliphatic heterocycles. The first-order chi connectivity index (χ1) is 16.2. The normalized spacial score (nSPS) is 12.0. The number of nitrogens with one attached hydrogen (secondary N) is 1. The Hall–Kier alpha value is -3.40. The molecule has 11 heteroatoms. The van der Waals surface area contributed by atoms with E-state index < -0.39 is 10.0 Å². The van der Waals surface area contributed by atoms with Crippen LogP contribution in [0.4, 0.5) is 0 Å². The minimum atomic E-state index is -3.97. The largest absolute Gasteiger partial charge is 0.369 e. The lowest BCUT2D eigenvalue weighted by Crippen LogP contribution is -2.32.